The Kier molecular flexibility index (Phi) is 3.83. The Labute approximate surface area is 99.7 Å². The molecule has 17 heavy (non-hydrogen) atoms. The third-order valence-corrected chi connectivity index (χ3v) is 3.50. The standard InChI is InChI=1S/C11H18N2O4/c14-10(15)9-3-1-2-7(9)4-12-5-8-6-13-11(16)17-8/h7-9,12H,1-6H2,(H,13,16)(H,14,15). The molecule has 3 N–H and O–H groups in total. The monoisotopic (exact) mass is 242 g/mol. The Balaban J connectivity index is 1.68. The van der Waals surface area contributed by atoms with Crippen LogP contribution >= 0.6 is 0 Å². The van der Waals surface area contributed by atoms with Crippen LogP contribution in [0.15, 0.2) is 0 Å². The molecule has 1 aliphatic carbocycles. The molecule has 1 saturated heterocycles. The maximum atomic E-state index is 11.0. The summed E-state index contributed by atoms with van der Waals surface area (Å²) in [6.45, 7) is 1.80. The summed E-state index contributed by atoms with van der Waals surface area (Å²) in [5.74, 6) is -0.701. The Morgan fingerprint density at radius 1 is 1.47 bits per heavy atom. The van der Waals surface area contributed by atoms with Gasteiger partial charge >= 0.3 is 12.1 Å². The molecule has 1 saturated carbocycles. The normalized spacial score (nSPS) is 32.2. The van der Waals surface area contributed by atoms with Crippen molar-refractivity contribution >= 4 is 12.1 Å². The van der Waals surface area contributed by atoms with Gasteiger partial charge < -0.3 is 20.5 Å². The zero-order valence-corrected chi connectivity index (χ0v) is 9.65. The first-order valence-electron chi connectivity index (χ1n) is 6.05. The molecule has 0 spiro atoms. The van der Waals surface area contributed by atoms with E-state index in [1.165, 1.54) is 0 Å². The third kappa shape index (κ3) is 3.09. The minimum absolute atomic E-state index is 0.132. The molecule has 6 nitrogen and oxygen atoms in total. The fraction of sp³-hybridized carbons (Fsp3) is 0.818. The molecule has 3 atom stereocenters. The zero-order chi connectivity index (χ0) is 12.3. The van der Waals surface area contributed by atoms with E-state index < -0.39 is 5.97 Å². The van der Waals surface area contributed by atoms with Crippen molar-refractivity contribution in [1.82, 2.24) is 10.6 Å². The van der Waals surface area contributed by atoms with Gasteiger partial charge in [0.25, 0.3) is 0 Å². The summed E-state index contributed by atoms with van der Waals surface area (Å²) < 4.78 is 4.97. The number of hydrogen-bond donors (Lipinski definition) is 3. The first kappa shape index (κ1) is 12.2. The van der Waals surface area contributed by atoms with Gasteiger partial charge in [0.1, 0.15) is 6.10 Å². The highest BCUT2D eigenvalue weighted by Gasteiger charge is 2.32. The predicted octanol–water partition coefficient (Wildman–Crippen LogP) is 0.185. The van der Waals surface area contributed by atoms with Crippen LogP contribution in [0, 0.1) is 11.8 Å². The van der Waals surface area contributed by atoms with Crippen LogP contribution in [0.5, 0.6) is 0 Å². The van der Waals surface area contributed by atoms with Crippen LogP contribution in [0.2, 0.25) is 0 Å². The summed E-state index contributed by atoms with van der Waals surface area (Å²) in [6.07, 6.45) is 2.23. The van der Waals surface area contributed by atoms with E-state index in [2.05, 4.69) is 10.6 Å². The molecule has 2 fully saturated rings. The van der Waals surface area contributed by atoms with Crippen LogP contribution in [0.4, 0.5) is 4.79 Å². The van der Waals surface area contributed by atoms with E-state index >= 15 is 0 Å². The lowest BCUT2D eigenvalue weighted by molar-refractivity contribution is -0.142. The summed E-state index contributed by atoms with van der Waals surface area (Å²) in [6, 6.07) is 0. The fourth-order valence-electron chi connectivity index (χ4n) is 2.58. The van der Waals surface area contributed by atoms with E-state index in [1.807, 2.05) is 0 Å². The minimum Gasteiger partial charge on any atom is -0.481 e. The predicted molar refractivity (Wildman–Crippen MR) is 59.6 cm³/mol. The van der Waals surface area contributed by atoms with Crippen LogP contribution in [-0.2, 0) is 9.53 Å². The molecule has 6 heteroatoms. The molecular weight excluding hydrogens is 224 g/mol. The van der Waals surface area contributed by atoms with Gasteiger partial charge in [-0.1, -0.05) is 6.42 Å². The SMILES string of the molecule is O=C1NCC(CNCC2CCCC2C(=O)O)O1. The summed E-state index contributed by atoms with van der Waals surface area (Å²) in [5.41, 5.74) is 0. The number of cyclic esters (lactones) is 1. The Bertz CT molecular complexity index is 308. The second-order valence-corrected chi connectivity index (χ2v) is 4.70. The molecule has 0 radical (unpaired) electrons. The third-order valence-electron chi connectivity index (χ3n) is 3.50. The Hall–Kier alpha value is -1.30. The first-order valence-corrected chi connectivity index (χ1v) is 6.05. The van der Waals surface area contributed by atoms with Crippen molar-refractivity contribution in [2.24, 2.45) is 11.8 Å². The second kappa shape index (κ2) is 5.35. The van der Waals surface area contributed by atoms with Crippen LogP contribution in [0.3, 0.4) is 0 Å². The maximum absolute atomic E-state index is 11.0. The van der Waals surface area contributed by atoms with Gasteiger partial charge in [-0.05, 0) is 25.3 Å². The average Bonchev–Trinajstić information content (AvgIpc) is 2.87. The molecule has 2 rings (SSSR count). The summed E-state index contributed by atoms with van der Waals surface area (Å²) in [5, 5.41) is 14.8. The molecule has 0 aromatic carbocycles. The fourth-order valence-corrected chi connectivity index (χ4v) is 2.58. The molecular formula is C11H18N2O4. The lowest BCUT2D eigenvalue weighted by Crippen LogP contribution is -2.35. The van der Waals surface area contributed by atoms with E-state index in [1.54, 1.807) is 0 Å². The second-order valence-electron chi connectivity index (χ2n) is 4.70. The molecule has 0 aromatic rings. The Morgan fingerprint density at radius 2 is 2.29 bits per heavy atom. The van der Waals surface area contributed by atoms with Gasteiger partial charge in [-0.15, -0.1) is 0 Å². The lowest BCUT2D eigenvalue weighted by Gasteiger charge is -2.17. The minimum atomic E-state index is -0.691. The highest BCUT2D eigenvalue weighted by molar-refractivity contribution is 5.70. The smallest absolute Gasteiger partial charge is 0.407 e. The van der Waals surface area contributed by atoms with Crippen molar-refractivity contribution in [3.8, 4) is 0 Å². The van der Waals surface area contributed by atoms with Gasteiger partial charge in [0.05, 0.1) is 12.5 Å². The van der Waals surface area contributed by atoms with Crippen molar-refractivity contribution in [2.45, 2.75) is 25.4 Å². The molecule has 96 valence electrons. The summed E-state index contributed by atoms with van der Waals surface area (Å²) in [4.78, 5) is 21.7. The van der Waals surface area contributed by atoms with Crippen molar-refractivity contribution in [3.05, 3.63) is 0 Å². The molecule has 0 bridgehead atoms. The summed E-state index contributed by atoms with van der Waals surface area (Å²) in [7, 11) is 0. The van der Waals surface area contributed by atoms with E-state index in [4.69, 9.17) is 9.84 Å². The number of amides is 1. The van der Waals surface area contributed by atoms with Crippen LogP contribution in [0.25, 0.3) is 0 Å². The number of carbonyl (C=O) groups is 2. The number of hydrogen-bond acceptors (Lipinski definition) is 4. The van der Waals surface area contributed by atoms with Crippen molar-refractivity contribution in [1.29, 1.82) is 0 Å². The lowest BCUT2D eigenvalue weighted by atomic mass is 9.96. The van der Waals surface area contributed by atoms with Crippen molar-refractivity contribution in [2.75, 3.05) is 19.6 Å². The number of carboxylic acid groups (broad SMARTS) is 1. The van der Waals surface area contributed by atoms with Crippen LogP contribution in [0.1, 0.15) is 19.3 Å². The molecule has 1 aliphatic heterocycles. The maximum Gasteiger partial charge on any atom is 0.407 e. The van der Waals surface area contributed by atoms with Gasteiger partial charge in [-0.3, -0.25) is 4.79 Å². The largest absolute Gasteiger partial charge is 0.481 e. The average molecular weight is 242 g/mol. The highest BCUT2D eigenvalue weighted by atomic mass is 16.6. The van der Waals surface area contributed by atoms with Gasteiger partial charge in [0, 0.05) is 6.54 Å². The van der Waals surface area contributed by atoms with Gasteiger partial charge in [-0.25, -0.2) is 4.79 Å². The topological polar surface area (TPSA) is 87.7 Å². The number of carbonyl (C=O) groups excluding carboxylic acids is 1. The molecule has 1 heterocycles. The zero-order valence-electron chi connectivity index (χ0n) is 9.65. The van der Waals surface area contributed by atoms with Crippen molar-refractivity contribution < 1.29 is 19.4 Å². The van der Waals surface area contributed by atoms with Gasteiger partial charge in [0.15, 0.2) is 0 Å². The number of ether oxygens (including phenoxy) is 1. The van der Waals surface area contributed by atoms with E-state index in [9.17, 15) is 9.59 Å². The Morgan fingerprint density at radius 3 is 2.94 bits per heavy atom. The quantitative estimate of drug-likeness (QED) is 0.640. The van der Waals surface area contributed by atoms with Crippen LogP contribution in [-0.4, -0.2) is 42.9 Å². The van der Waals surface area contributed by atoms with Gasteiger partial charge in [0.2, 0.25) is 0 Å². The molecule has 1 amide bonds. The van der Waals surface area contributed by atoms with E-state index in [-0.39, 0.29) is 24.0 Å². The number of carboxylic acids is 1. The summed E-state index contributed by atoms with van der Waals surface area (Å²) >= 11 is 0. The molecule has 0 aromatic heterocycles. The molecule has 3 unspecified atom stereocenters. The van der Waals surface area contributed by atoms with E-state index in [0.29, 0.717) is 19.6 Å². The van der Waals surface area contributed by atoms with Crippen molar-refractivity contribution in [3.63, 3.8) is 0 Å². The van der Waals surface area contributed by atoms with Gasteiger partial charge in [-0.2, -0.15) is 0 Å². The molecule has 2 aliphatic rings. The number of rotatable bonds is 5. The number of nitrogens with one attached hydrogen (secondary N) is 2. The number of aliphatic carboxylic acids is 1. The first-order chi connectivity index (χ1) is 8.16. The number of alkyl carbamates (subject to hydrolysis) is 1. The highest BCUT2D eigenvalue weighted by Crippen LogP contribution is 2.31. The van der Waals surface area contributed by atoms with E-state index in [0.717, 1.165) is 19.3 Å². The van der Waals surface area contributed by atoms with Crippen LogP contribution < -0.4 is 10.6 Å².